The minimum atomic E-state index is -0.316. The van der Waals surface area contributed by atoms with Crippen molar-refractivity contribution in [2.45, 2.75) is 19.4 Å². The molecule has 4 aromatic rings. The lowest BCUT2D eigenvalue weighted by Gasteiger charge is -2.28. The molecule has 33 heavy (non-hydrogen) atoms. The van der Waals surface area contributed by atoms with Gasteiger partial charge in [-0.15, -0.1) is 0 Å². The van der Waals surface area contributed by atoms with Gasteiger partial charge >= 0.3 is 0 Å². The Morgan fingerprint density at radius 2 is 1.91 bits per heavy atom. The van der Waals surface area contributed by atoms with Crippen molar-refractivity contribution in [2.75, 3.05) is 25.0 Å². The summed E-state index contributed by atoms with van der Waals surface area (Å²) >= 11 is 0. The molecular weight excluding hydrogens is 419 g/mol. The number of anilines is 2. The van der Waals surface area contributed by atoms with Crippen LogP contribution in [0.4, 0.5) is 15.9 Å². The first-order valence-corrected chi connectivity index (χ1v) is 11.1. The number of benzene rings is 2. The van der Waals surface area contributed by atoms with E-state index >= 15 is 0 Å². The lowest BCUT2D eigenvalue weighted by atomic mass is 10.00. The number of furan rings is 1. The van der Waals surface area contributed by atoms with Crippen molar-refractivity contribution < 1.29 is 13.6 Å². The first-order chi connectivity index (χ1) is 16.2. The Labute approximate surface area is 191 Å². The predicted octanol–water partition coefficient (Wildman–Crippen LogP) is 4.89. The summed E-state index contributed by atoms with van der Waals surface area (Å²) in [7, 11) is 0. The summed E-state index contributed by atoms with van der Waals surface area (Å²) in [4.78, 5) is 19.7. The first-order valence-electron chi connectivity index (χ1n) is 11.1. The summed E-state index contributed by atoms with van der Waals surface area (Å²) in [6, 6.07) is 18.0. The molecule has 0 aliphatic carbocycles. The monoisotopic (exact) mass is 444 g/mol. The molecule has 0 radical (unpaired) electrons. The molecule has 0 bridgehead atoms. The van der Waals surface area contributed by atoms with Gasteiger partial charge in [0.2, 0.25) is 0 Å². The smallest absolute Gasteiger partial charge is 0.270 e. The van der Waals surface area contributed by atoms with E-state index in [4.69, 9.17) is 4.42 Å². The number of amides is 1. The maximum absolute atomic E-state index is 13.2. The second-order valence-electron chi connectivity index (χ2n) is 8.22. The van der Waals surface area contributed by atoms with E-state index in [2.05, 4.69) is 44.8 Å². The standard InChI is InChI=1S/C26H25FN4O2/c27-20-6-8-21(9-7-20)29-25-22-11-15-33-24(22)16-23(30-25)26(32)28-12-3-13-31-14-10-18-4-1-2-5-19(18)17-31/h1-2,4-9,11,15-16H,3,10,12-14,17H2,(H,28,32)(H,29,30). The summed E-state index contributed by atoms with van der Waals surface area (Å²) in [6.07, 6.45) is 3.48. The highest BCUT2D eigenvalue weighted by Crippen LogP contribution is 2.27. The van der Waals surface area contributed by atoms with Gasteiger partial charge in [0.15, 0.2) is 0 Å². The molecular formula is C26H25FN4O2. The summed E-state index contributed by atoms with van der Waals surface area (Å²) < 4.78 is 18.7. The molecule has 3 heterocycles. The van der Waals surface area contributed by atoms with Gasteiger partial charge in [-0.1, -0.05) is 24.3 Å². The number of nitrogens with zero attached hydrogens (tertiary/aromatic N) is 2. The Morgan fingerprint density at radius 1 is 1.09 bits per heavy atom. The Morgan fingerprint density at radius 3 is 2.76 bits per heavy atom. The van der Waals surface area contributed by atoms with Crippen LogP contribution in [-0.2, 0) is 13.0 Å². The Bertz CT molecular complexity index is 1270. The number of rotatable bonds is 7. The molecule has 0 spiro atoms. The molecule has 0 saturated carbocycles. The third kappa shape index (κ3) is 4.88. The number of pyridine rings is 1. The van der Waals surface area contributed by atoms with Crippen LogP contribution in [0.25, 0.3) is 11.0 Å². The fourth-order valence-electron chi connectivity index (χ4n) is 4.19. The SMILES string of the molecule is O=C(NCCCN1CCc2ccccc2C1)c1cc2occc2c(Nc2ccc(F)cc2)n1. The molecule has 2 aromatic carbocycles. The van der Waals surface area contributed by atoms with E-state index in [1.165, 1.54) is 23.3 Å². The number of hydrogen-bond donors (Lipinski definition) is 2. The molecule has 0 saturated heterocycles. The summed E-state index contributed by atoms with van der Waals surface area (Å²) in [5, 5.41) is 6.87. The average molecular weight is 445 g/mol. The third-order valence-corrected chi connectivity index (χ3v) is 5.94. The van der Waals surface area contributed by atoms with E-state index in [9.17, 15) is 9.18 Å². The van der Waals surface area contributed by atoms with Gasteiger partial charge in [0.05, 0.1) is 11.6 Å². The second kappa shape index (κ2) is 9.42. The van der Waals surface area contributed by atoms with Crippen LogP contribution in [0.5, 0.6) is 0 Å². The van der Waals surface area contributed by atoms with Crippen LogP contribution in [-0.4, -0.2) is 35.4 Å². The van der Waals surface area contributed by atoms with Gasteiger partial charge in [0, 0.05) is 37.9 Å². The maximum Gasteiger partial charge on any atom is 0.270 e. The van der Waals surface area contributed by atoms with Crippen molar-refractivity contribution in [3.8, 4) is 0 Å². The lowest BCUT2D eigenvalue weighted by Crippen LogP contribution is -2.33. The highest BCUT2D eigenvalue weighted by molar-refractivity contribution is 5.99. The number of carbonyl (C=O) groups excluding carboxylic acids is 1. The summed E-state index contributed by atoms with van der Waals surface area (Å²) in [5.74, 6) is -0.0757. The van der Waals surface area contributed by atoms with Gasteiger partial charge in [0.25, 0.3) is 5.91 Å². The van der Waals surface area contributed by atoms with Crippen molar-refractivity contribution >= 4 is 28.4 Å². The Kier molecular flexibility index (Phi) is 6.04. The number of nitrogens with one attached hydrogen (secondary N) is 2. The van der Waals surface area contributed by atoms with Crippen LogP contribution in [0, 0.1) is 5.82 Å². The molecule has 7 heteroatoms. The number of carbonyl (C=O) groups is 1. The molecule has 2 N–H and O–H groups in total. The van der Waals surface area contributed by atoms with Gasteiger partial charge in [-0.05, 0) is 54.3 Å². The molecule has 2 aromatic heterocycles. The van der Waals surface area contributed by atoms with Gasteiger partial charge in [-0.3, -0.25) is 9.69 Å². The molecule has 0 fully saturated rings. The fourth-order valence-corrected chi connectivity index (χ4v) is 4.19. The van der Waals surface area contributed by atoms with Gasteiger partial charge in [-0.25, -0.2) is 9.37 Å². The van der Waals surface area contributed by atoms with E-state index in [1.807, 2.05) is 0 Å². The minimum absolute atomic E-state index is 0.251. The van der Waals surface area contributed by atoms with Crippen molar-refractivity contribution in [1.29, 1.82) is 0 Å². The number of fused-ring (bicyclic) bond motifs is 2. The Balaban J connectivity index is 1.19. The molecule has 1 aliphatic heterocycles. The van der Waals surface area contributed by atoms with Crippen molar-refractivity contribution in [3.63, 3.8) is 0 Å². The van der Waals surface area contributed by atoms with Crippen molar-refractivity contribution in [2.24, 2.45) is 0 Å². The van der Waals surface area contributed by atoms with Crippen LogP contribution in [0.3, 0.4) is 0 Å². The second-order valence-corrected chi connectivity index (χ2v) is 8.22. The van der Waals surface area contributed by atoms with Gasteiger partial charge in [-0.2, -0.15) is 0 Å². The van der Waals surface area contributed by atoms with Crippen LogP contribution in [0.1, 0.15) is 28.0 Å². The molecule has 1 amide bonds. The highest BCUT2D eigenvalue weighted by Gasteiger charge is 2.16. The molecule has 6 nitrogen and oxygen atoms in total. The summed E-state index contributed by atoms with van der Waals surface area (Å²) in [6.45, 7) is 3.49. The molecule has 1 aliphatic rings. The van der Waals surface area contributed by atoms with Crippen molar-refractivity contribution in [3.05, 3.63) is 89.6 Å². The number of hydrogen-bond acceptors (Lipinski definition) is 5. The van der Waals surface area contributed by atoms with E-state index in [0.29, 0.717) is 23.6 Å². The largest absolute Gasteiger partial charge is 0.464 e. The van der Waals surface area contributed by atoms with Crippen molar-refractivity contribution in [1.82, 2.24) is 15.2 Å². The van der Waals surface area contributed by atoms with E-state index in [0.717, 1.165) is 37.9 Å². The number of aromatic nitrogens is 1. The molecule has 0 atom stereocenters. The van der Waals surface area contributed by atoms with Crippen LogP contribution < -0.4 is 10.6 Å². The lowest BCUT2D eigenvalue weighted by molar-refractivity contribution is 0.0946. The molecule has 0 unspecified atom stereocenters. The predicted molar refractivity (Wildman–Crippen MR) is 126 cm³/mol. The molecule has 5 rings (SSSR count). The average Bonchev–Trinajstić information content (AvgIpc) is 3.32. The fraction of sp³-hybridized carbons (Fsp3) is 0.231. The van der Waals surface area contributed by atoms with Gasteiger partial charge in [0.1, 0.15) is 22.9 Å². The zero-order chi connectivity index (χ0) is 22.6. The third-order valence-electron chi connectivity index (χ3n) is 5.94. The zero-order valence-electron chi connectivity index (χ0n) is 18.2. The van der Waals surface area contributed by atoms with E-state index in [1.54, 1.807) is 30.5 Å². The maximum atomic E-state index is 13.2. The first kappa shape index (κ1) is 21.2. The Hall–Kier alpha value is -3.71. The van der Waals surface area contributed by atoms with Crippen LogP contribution in [0.15, 0.2) is 71.3 Å². The van der Waals surface area contributed by atoms with Gasteiger partial charge < -0.3 is 15.1 Å². The topological polar surface area (TPSA) is 70.4 Å². The van der Waals surface area contributed by atoms with Crippen LogP contribution >= 0.6 is 0 Å². The van der Waals surface area contributed by atoms with E-state index in [-0.39, 0.29) is 17.4 Å². The normalized spacial score (nSPS) is 13.6. The van der Waals surface area contributed by atoms with E-state index < -0.39 is 0 Å². The summed E-state index contributed by atoms with van der Waals surface area (Å²) in [5.41, 5.74) is 4.34. The highest BCUT2D eigenvalue weighted by atomic mass is 19.1. The minimum Gasteiger partial charge on any atom is -0.464 e. The zero-order valence-corrected chi connectivity index (χ0v) is 18.2. The van der Waals surface area contributed by atoms with Crippen LogP contribution in [0.2, 0.25) is 0 Å². The quantitative estimate of drug-likeness (QED) is 0.397. The number of halogens is 1. The molecule has 168 valence electrons.